The number of hydrazone groups is 1. The summed E-state index contributed by atoms with van der Waals surface area (Å²) in [5, 5.41) is 13.4. The highest BCUT2D eigenvalue weighted by atomic mass is 32.2. The van der Waals surface area contributed by atoms with Gasteiger partial charge in [0.25, 0.3) is 5.91 Å². The van der Waals surface area contributed by atoms with Crippen LogP contribution in [0.4, 0.5) is 0 Å². The smallest absolute Gasteiger partial charge is 0.250 e. The molecule has 0 aliphatic heterocycles. The van der Waals surface area contributed by atoms with Gasteiger partial charge in [-0.3, -0.25) is 4.79 Å². The molecule has 7 nitrogen and oxygen atoms in total. The summed E-state index contributed by atoms with van der Waals surface area (Å²) in [5.41, 5.74) is 5.82. The van der Waals surface area contributed by atoms with E-state index in [0.29, 0.717) is 18.3 Å². The Morgan fingerprint density at radius 2 is 1.79 bits per heavy atom. The monoisotopic (exact) mass is 479 g/mol. The number of aromatic nitrogens is 3. The molecule has 0 aliphatic carbocycles. The molecule has 8 heteroatoms. The van der Waals surface area contributed by atoms with Crippen LogP contribution in [0.5, 0.6) is 5.75 Å². The summed E-state index contributed by atoms with van der Waals surface area (Å²) >= 11 is 1.35. The van der Waals surface area contributed by atoms with Crippen molar-refractivity contribution in [3.8, 4) is 17.1 Å². The third-order valence-electron chi connectivity index (χ3n) is 5.13. The Morgan fingerprint density at radius 1 is 1.09 bits per heavy atom. The molecule has 1 amide bonds. The standard InChI is InChI=1S/C26H33N5O2S/c1-6-16-33-22-14-8-19(9-15-22)17-27-28-23(32)18-34-25-30-29-24(31(25)7-2)20-10-12-21(13-11-20)26(3,4)5/h8-15,17H,6-7,16,18H2,1-5H3,(H,28,32)/b27-17-. The maximum atomic E-state index is 12.3. The number of thioether (sulfide) groups is 1. The average molecular weight is 480 g/mol. The summed E-state index contributed by atoms with van der Waals surface area (Å²) < 4.78 is 7.59. The molecule has 0 fully saturated rings. The van der Waals surface area contributed by atoms with Crippen LogP contribution in [0.15, 0.2) is 58.8 Å². The van der Waals surface area contributed by atoms with Gasteiger partial charge in [-0.2, -0.15) is 5.10 Å². The Kier molecular flexibility index (Phi) is 8.87. The van der Waals surface area contributed by atoms with Crippen molar-refractivity contribution in [1.29, 1.82) is 0 Å². The van der Waals surface area contributed by atoms with Crippen LogP contribution in [0.3, 0.4) is 0 Å². The average Bonchev–Trinajstić information content (AvgIpc) is 3.24. The second-order valence-corrected chi connectivity index (χ2v) is 9.82. The molecule has 1 heterocycles. The van der Waals surface area contributed by atoms with Gasteiger partial charge in [-0.15, -0.1) is 10.2 Å². The molecular weight excluding hydrogens is 446 g/mol. The third-order valence-corrected chi connectivity index (χ3v) is 6.10. The minimum atomic E-state index is -0.203. The SMILES string of the molecule is CCCOc1ccc(/C=N\NC(=O)CSc2nnc(-c3ccc(C(C)(C)C)cc3)n2CC)cc1. The van der Waals surface area contributed by atoms with E-state index in [-0.39, 0.29) is 17.1 Å². The predicted molar refractivity (Wildman–Crippen MR) is 139 cm³/mol. The summed E-state index contributed by atoms with van der Waals surface area (Å²) in [6.07, 6.45) is 2.58. The topological polar surface area (TPSA) is 81.4 Å². The summed E-state index contributed by atoms with van der Waals surface area (Å²) in [6, 6.07) is 16.0. The summed E-state index contributed by atoms with van der Waals surface area (Å²) in [5.74, 6) is 1.62. The Balaban J connectivity index is 1.55. The van der Waals surface area contributed by atoms with Crippen molar-refractivity contribution in [3.05, 3.63) is 59.7 Å². The van der Waals surface area contributed by atoms with Crippen molar-refractivity contribution in [3.63, 3.8) is 0 Å². The van der Waals surface area contributed by atoms with Gasteiger partial charge in [-0.05, 0) is 54.2 Å². The summed E-state index contributed by atoms with van der Waals surface area (Å²) in [6.45, 7) is 12.1. The van der Waals surface area contributed by atoms with Crippen LogP contribution in [0.25, 0.3) is 11.4 Å². The molecule has 0 spiro atoms. The van der Waals surface area contributed by atoms with Crippen LogP contribution in [0.2, 0.25) is 0 Å². The van der Waals surface area contributed by atoms with Gasteiger partial charge in [0, 0.05) is 12.1 Å². The van der Waals surface area contributed by atoms with Gasteiger partial charge < -0.3 is 9.30 Å². The number of carbonyl (C=O) groups excluding carboxylic acids is 1. The third kappa shape index (κ3) is 6.93. The molecule has 180 valence electrons. The summed E-state index contributed by atoms with van der Waals surface area (Å²) in [4.78, 5) is 12.3. The van der Waals surface area contributed by atoms with E-state index in [1.165, 1.54) is 17.3 Å². The molecular formula is C26H33N5O2S. The number of rotatable bonds is 10. The van der Waals surface area contributed by atoms with Gasteiger partial charge in [-0.25, -0.2) is 5.43 Å². The van der Waals surface area contributed by atoms with Crippen molar-refractivity contribution in [2.75, 3.05) is 12.4 Å². The van der Waals surface area contributed by atoms with Crippen LogP contribution >= 0.6 is 11.8 Å². The highest BCUT2D eigenvalue weighted by Crippen LogP contribution is 2.27. The van der Waals surface area contributed by atoms with E-state index in [9.17, 15) is 4.79 Å². The van der Waals surface area contributed by atoms with Crippen LogP contribution in [-0.4, -0.2) is 39.2 Å². The van der Waals surface area contributed by atoms with E-state index in [0.717, 1.165) is 29.1 Å². The van der Waals surface area contributed by atoms with Crippen LogP contribution < -0.4 is 10.2 Å². The molecule has 0 saturated heterocycles. The molecule has 0 saturated carbocycles. The number of hydrogen-bond acceptors (Lipinski definition) is 6. The van der Waals surface area contributed by atoms with Gasteiger partial charge >= 0.3 is 0 Å². The Labute approximate surface area is 206 Å². The molecule has 0 atom stereocenters. The van der Waals surface area contributed by atoms with Gasteiger partial charge in [-0.1, -0.05) is 63.7 Å². The van der Waals surface area contributed by atoms with Crippen molar-refractivity contribution in [2.45, 2.75) is 58.2 Å². The van der Waals surface area contributed by atoms with Crippen molar-refractivity contribution >= 4 is 23.9 Å². The van der Waals surface area contributed by atoms with Crippen molar-refractivity contribution in [1.82, 2.24) is 20.2 Å². The maximum absolute atomic E-state index is 12.3. The molecule has 3 aromatic rings. The lowest BCUT2D eigenvalue weighted by Crippen LogP contribution is -2.20. The van der Waals surface area contributed by atoms with Crippen molar-refractivity contribution in [2.24, 2.45) is 5.10 Å². The molecule has 34 heavy (non-hydrogen) atoms. The minimum absolute atomic E-state index is 0.0975. The normalized spacial score (nSPS) is 11.7. The first-order chi connectivity index (χ1) is 16.3. The number of nitrogens with zero attached hydrogens (tertiary/aromatic N) is 4. The van der Waals surface area contributed by atoms with Crippen molar-refractivity contribution < 1.29 is 9.53 Å². The number of benzene rings is 2. The van der Waals surface area contributed by atoms with Crippen LogP contribution in [0, 0.1) is 0 Å². The second kappa shape index (κ2) is 11.8. The lowest BCUT2D eigenvalue weighted by atomic mass is 9.87. The molecule has 1 aromatic heterocycles. The van der Waals surface area contributed by atoms with Gasteiger partial charge in [0.2, 0.25) is 0 Å². The van der Waals surface area contributed by atoms with Crippen LogP contribution in [-0.2, 0) is 16.8 Å². The summed E-state index contributed by atoms with van der Waals surface area (Å²) in [7, 11) is 0. The van der Waals surface area contributed by atoms with E-state index in [1.54, 1.807) is 6.21 Å². The minimum Gasteiger partial charge on any atom is -0.494 e. The number of carbonyl (C=O) groups is 1. The predicted octanol–water partition coefficient (Wildman–Crippen LogP) is 5.29. The Hall–Kier alpha value is -3.13. The Bertz CT molecular complexity index is 1100. The molecule has 2 aromatic carbocycles. The number of ether oxygens (including phenoxy) is 1. The fraction of sp³-hybridized carbons (Fsp3) is 0.385. The van der Waals surface area contributed by atoms with E-state index >= 15 is 0 Å². The van der Waals surface area contributed by atoms with E-state index < -0.39 is 0 Å². The molecule has 0 unspecified atom stereocenters. The quantitative estimate of drug-likeness (QED) is 0.243. The fourth-order valence-electron chi connectivity index (χ4n) is 3.22. The number of hydrogen-bond donors (Lipinski definition) is 1. The van der Waals surface area contributed by atoms with E-state index in [2.05, 4.69) is 72.7 Å². The lowest BCUT2D eigenvalue weighted by molar-refractivity contribution is -0.118. The highest BCUT2D eigenvalue weighted by Gasteiger charge is 2.17. The molecule has 0 bridgehead atoms. The highest BCUT2D eigenvalue weighted by molar-refractivity contribution is 7.99. The fourth-order valence-corrected chi connectivity index (χ4v) is 4.02. The van der Waals surface area contributed by atoms with Gasteiger partial charge in [0.1, 0.15) is 5.75 Å². The molecule has 3 rings (SSSR count). The first-order valence-corrected chi connectivity index (χ1v) is 12.5. The Morgan fingerprint density at radius 3 is 2.41 bits per heavy atom. The molecule has 0 radical (unpaired) electrons. The lowest BCUT2D eigenvalue weighted by Gasteiger charge is -2.19. The largest absolute Gasteiger partial charge is 0.494 e. The maximum Gasteiger partial charge on any atom is 0.250 e. The van der Waals surface area contributed by atoms with Gasteiger partial charge in [0.05, 0.1) is 18.6 Å². The zero-order valence-electron chi connectivity index (χ0n) is 20.5. The molecule has 1 N–H and O–H groups in total. The van der Waals surface area contributed by atoms with E-state index in [1.807, 2.05) is 35.8 Å². The van der Waals surface area contributed by atoms with Gasteiger partial charge in [0.15, 0.2) is 11.0 Å². The van der Waals surface area contributed by atoms with E-state index in [4.69, 9.17) is 4.74 Å². The second-order valence-electron chi connectivity index (χ2n) is 8.88. The molecule has 0 aliphatic rings. The number of nitrogens with one attached hydrogen (secondary N) is 1. The first-order valence-electron chi connectivity index (χ1n) is 11.5. The number of amides is 1. The zero-order valence-corrected chi connectivity index (χ0v) is 21.4. The zero-order chi connectivity index (χ0) is 24.6. The first kappa shape index (κ1) is 25.5. The van der Waals surface area contributed by atoms with Crippen LogP contribution in [0.1, 0.15) is 52.2 Å².